The van der Waals surface area contributed by atoms with Crippen LogP contribution in [0.15, 0.2) is 54.7 Å². The first kappa shape index (κ1) is 16.7. The summed E-state index contributed by atoms with van der Waals surface area (Å²) in [4.78, 5) is 20.8. The Balaban J connectivity index is 1.72. The van der Waals surface area contributed by atoms with Gasteiger partial charge in [0.25, 0.3) is 0 Å². The van der Waals surface area contributed by atoms with Crippen molar-refractivity contribution in [3.05, 3.63) is 77.6 Å². The first-order chi connectivity index (χ1) is 12.0. The highest BCUT2D eigenvalue weighted by Gasteiger charge is 2.11. The van der Waals surface area contributed by atoms with Gasteiger partial charge in [-0.1, -0.05) is 36.4 Å². The van der Waals surface area contributed by atoms with Crippen LogP contribution in [-0.2, 0) is 11.2 Å². The average Bonchev–Trinajstić information content (AvgIpc) is 2.61. The maximum atomic E-state index is 13.2. The van der Waals surface area contributed by atoms with Gasteiger partial charge < -0.3 is 5.32 Å². The van der Waals surface area contributed by atoms with Gasteiger partial charge in [0, 0.05) is 5.56 Å². The van der Waals surface area contributed by atoms with Gasteiger partial charge in [-0.25, -0.2) is 18.7 Å². The van der Waals surface area contributed by atoms with E-state index in [1.54, 1.807) is 13.1 Å². The monoisotopic (exact) mass is 339 g/mol. The summed E-state index contributed by atoms with van der Waals surface area (Å²) < 4.78 is 26.1. The molecule has 3 aromatic rings. The summed E-state index contributed by atoms with van der Waals surface area (Å²) in [6, 6.07) is 12.9. The molecule has 6 heteroatoms. The summed E-state index contributed by atoms with van der Waals surface area (Å²) >= 11 is 0. The normalized spacial score (nSPS) is 10.5. The second kappa shape index (κ2) is 7.17. The Morgan fingerprint density at radius 2 is 1.84 bits per heavy atom. The number of nitrogens with one attached hydrogen (secondary N) is 1. The summed E-state index contributed by atoms with van der Waals surface area (Å²) in [7, 11) is 0. The third-order valence-electron chi connectivity index (χ3n) is 3.62. The number of benzene rings is 2. The fraction of sp³-hybridized carbons (Fsp3) is 0.105. The zero-order valence-corrected chi connectivity index (χ0v) is 13.5. The molecule has 1 heterocycles. The molecule has 3 rings (SSSR count). The Bertz CT molecular complexity index is 914. The molecular formula is C19H15F2N3O. The number of aromatic nitrogens is 2. The molecule has 0 aliphatic rings. The van der Waals surface area contributed by atoms with Crippen molar-refractivity contribution in [2.45, 2.75) is 13.3 Å². The molecule has 0 unspecified atom stereocenters. The van der Waals surface area contributed by atoms with Gasteiger partial charge in [0.15, 0.2) is 17.5 Å². The fourth-order valence-corrected chi connectivity index (χ4v) is 2.36. The fourth-order valence-electron chi connectivity index (χ4n) is 2.36. The molecule has 4 nitrogen and oxygen atoms in total. The number of carbonyl (C=O) groups excluding carboxylic acids is 1. The van der Waals surface area contributed by atoms with Crippen molar-refractivity contribution in [1.29, 1.82) is 0 Å². The molecule has 0 bridgehead atoms. The maximum Gasteiger partial charge on any atom is 0.229 e. The van der Waals surface area contributed by atoms with E-state index < -0.39 is 11.6 Å². The minimum Gasteiger partial charge on any atom is -0.309 e. The predicted octanol–water partition coefficient (Wildman–Crippen LogP) is 3.91. The molecule has 25 heavy (non-hydrogen) atoms. The van der Waals surface area contributed by atoms with E-state index in [1.165, 1.54) is 6.07 Å². The topological polar surface area (TPSA) is 54.9 Å². The molecule has 0 saturated carbocycles. The second-order valence-corrected chi connectivity index (χ2v) is 5.53. The molecule has 1 N–H and O–H groups in total. The van der Waals surface area contributed by atoms with Crippen molar-refractivity contribution in [3.8, 4) is 11.3 Å². The molecule has 0 aliphatic heterocycles. The molecular weight excluding hydrogens is 324 g/mol. The van der Waals surface area contributed by atoms with Crippen molar-refractivity contribution in [2.75, 3.05) is 5.32 Å². The quantitative estimate of drug-likeness (QED) is 0.784. The van der Waals surface area contributed by atoms with Gasteiger partial charge in [-0.05, 0) is 24.6 Å². The Kier molecular flexibility index (Phi) is 4.79. The summed E-state index contributed by atoms with van der Waals surface area (Å²) in [5.41, 5.74) is 2.58. The van der Waals surface area contributed by atoms with Crippen LogP contribution in [0.2, 0.25) is 0 Å². The highest BCUT2D eigenvalue weighted by Crippen LogP contribution is 2.19. The lowest BCUT2D eigenvalue weighted by Gasteiger charge is -2.09. The van der Waals surface area contributed by atoms with E-state index in [0.717, 1.165) is 17.7 Å². The van der Waals surface area contributed by atoms with E-state index in [1.807, 2.05) is 30.3 Å². The largest absolute Gasteiger partial charge is 0.309 e. The molecule has 1 amide bonds. The molecule has 0 saturated heterocycles. The smallest absolute Gasteiger partial charge is 0.229 e. The van der Waals surface area contributed by atoms with Crippen molar-refractivity contribution in [1.82, 2.24) is 9.97 Å². The van der Waals surface area contributed by atoms with Crippen LogP contribution < -0.4 is 5.32 Å². The number of amides is 1. The average molecular weight is 339 g/mol. The summed E-state index contributed by atoms with van der Waals surface area (Å²) in [6.45, 7) is 1.74. The van der Waals surface area contributed by atoms with Crippen LogP contribution in [0.4, 0.5) is 14.6 Å². The predicted molar refractivity (Wildman–Crippen MR) is 90.9 cm³/mol. The first-order valence-electron chi connectivity index (χ1n) is 7.66. The molecule has 0 atom stereocenters. The number of hydrogen-bond donors (Lipinski definition) is 1. The van der Waals surface area contributed by atoms with Gasteiger partial charge in [-0.3, -0.25) is 4.79 Å². The lowest BCUT2D eigenvalue weighted by atomic mass is 10.1. The second-order valence-electron chi connectivity index (χ2n) is 5.53. The van der Waals surface area contributed by atoms with Crippen molar-refractivity contribution < 1.29 is 13.6 Å². The Labute approximate surface area is 143 Å². The summed E-state index contributed by atoms with van der Waals surface area (Å²) in [6.07, 6.45) is 1.49. The van der Waals surface area contributed by atoms with Crippen LogP contribution >= 0.6 is 0 Å². The lowest BCUT2D eigenvalue weighted by molar-refractivity contribution is -0.115. The highest BCUT2D eigenvalue weighted by atomic mass is 19.2. The molecule has 0 aliphatic carbocycles. The van der Waals surface area contributed by atoms with Crippen LogP contribution in [0.25, 0.3) is 11.3 Å². The van der Waals surface area contributed by atoms with E-state index in [2.05, 4.69) is 15.3 Å². The third-order valence-corrected chi connectivity index (χ3v) is 3.62. The van der Waals surface area contributed by atoms with Crippen LogP contribution in [0.3, 0.4) is 0 Å². The zero-order valence-electron chi connectivity index (χ0n) is 13.5. The first-order valence-corrected chi connectivity index (χ1v) is 7.66. The molecule has 0 radical (unpaired) electrons. The molecule has 126 valence electrons. The molecule has 1 aromatic heterocycles. The Morgan fingerprint density at radius 1 is 1.08 bits per heavy atom. The standard InChI is InChI=1S/C19H15F2N3O/c1-12-19(22-11-17(23-12)14-5-3-2-4-6-14)24-18(25)10-13-7-8-15(20)16(21)9-13/h2-9,11H,10H2,1H3,(H,22,24,25). The van der Waals surface area contributed by atoms with Crippen molar-refractivity contribution in [2.24, 2.45) is 0 Å². The number of nitrogens with zero attached hydrogens (tertiary/aromatic N) is 2. The van der Waals surface area contributed by atoms with Crippen LogP contribution in [0.5, 0.6) is 0 Å². The number of rotatable bonds is 4. The van der Waals surface area contributed by atoms with E-state index in [4.69, 9.17) is 0 Å². The van der Waals surface area contributed by atoms with Gasteiger partial charge >= 0.3 is 0 Å². The molecule has 2 aromatic carbocycles. The van der Waals surface area contributed by atoms with Gasteiger partial charge in [0.2, 0.25) is 5.91 Å². The lowest BCUT2D eigenvalue weighted by Crippen LogP contribution is -2.17. The minimum atomic E-state index is -0.978. The van der Waals surface area contributed by atoms with Gasteiger partial charge in [-0.2, -0.15) is 0 Å². The molecule has 0 fully saturated rings. The number of anilines is 1. The van der Waals surface area contributed by atoms with Crippen molar-refractivity contribution in [3.63, 3.8) is 0 Å². The van der Waals surface area contributed by atoms with E-state index in [-0.39, 0.29) is 12.3 Å². The number of hydrogen-bond acceptors (Lipinski definition) is 3. The van der Waals surface area contributed by atoms with Crippen LogP contribution in [0.1, 0.15) is 11.3 Å². The SMILES string of the molecule is Cc1nc(-c2ccccc2)cnc1NC(=O)Cc1ccc(F)c(F)c1. The van der Waals surface area contributed by atoms with Crippen molar-refractivity contribution >= 4 is 11.7 Å². The van der Waals surface area contributed by atoms with E-state index in [9.17, 15) is 13.6 Å². The number of aryl methyl sites for hydroxylation is 1. The number of halogens is 2. The summed E-state index contributed by atoms with van der Waals surface area (Å²) in [5, 5.41) is 2.64. The summed E-state index contributed by atoms with van der Waals surface area (Å²) in [5.74, 6) is -1.96. The zero-order chi connectivity index (χ0) is 17.8. The van der Waals surface area contributed by atoms with Gasteiger partial charge in [-0.15, -0.1) is 0 Å². The Morgan fingerprint density at radius 3 is 2.52 bits per heavy atom. The maximum absolute atomic E-state index is 13.2. The Hall–Kier alpha value is -3.15. The number of carbonyl (C=O) groups is 1. The minimum absolute atomic E-state index is 0.0846. The van der Waals surface area contributed by atoms with Crippen LogP contribution in [0, 0.1) is 18.6 Å². The highest BCUT2D eigenvalue weighted by molar-refractivity contribution is 5.91. The van der Waals surface area contributed by atoms with Gasteiger partial charge in [0.1, 0.15) is 0 Å². The van der Waals surface area contributed by atoms with Gasteiger partial charge in [0.05, 0.1) is 24.0 Å². The van der Waals surface area contributed by atoms with E-state index >= 15 is 0 Å². The third kappa shape index (κ3) is 4.03. The van der Waals surface area contributed by atoms with Crippen LogP contribution in [-0.4, -0.2) is 15.9 Å². The van der Waals surface area contributed by atoms with E-state index in [0.29, 0.717) is 22.8 Å². The molecule has 0 spiro atoms.